The van der Waals surface area contributed by atoms with E-state index in [9.17, 15) is 4.39 Å². The summed E-state index contributed by atoms with van der Waals surface area (Å²) < 4.78 is 18.4. The minimum Gasteiger partial charge on any atom is -0.494 e. The molecule has 1 aromatic carbocycles. The first-order valence-corrected chi connectivity index (χ1v) is 8.66. The Balaban J connectivity index is 1.54. The molecule has 1 saturated carbocycles. The van der Waals surface area contributed by atoms with Crippen molar-refractivity contribution in [1.82, 2.24) is 0 Å². The Morgan fingerprint density at radius 2 is 1.52 bits per heavy atom. The van der Waals surface area contributed by atoms with Gasteiger partial charge in [-0.25, -0.2) is 4.39 Å². The predicted octanol–water partition coefficient (Wildman–Crippen LogP) is 5.98. The van der Waals surface area contributed by atoms with Gasteiger partial charge in [-0.3, -0.25) is 0 Å². The second kappa shape index (κ2) is 9.07. The van der Waals surface area contributed by atoms with Crippen LogP contribution in [0.2, 0.25) is 0 Å². The molecule has 0 heterocycles. The molecule has 1 nitrogen and oxygen atoms in total. The zero-order valence-electron chi connectivity index (χ0n) is 13.3. The minimum atomic E-state index is -0.206. The maximum atomic E-state index is 12.8. The molecule has 2 heteroatoms. The van der Waals surface area contributed by atoms with Gasteiger partial charge in [0.1, 0.15) is 11.6 Å². The molecule has 0 aromatic heterocycles. The average molecular weight is 292 g/mol. The molecular weight excluding hydrogens is 263 g/mol. The number of benzene rings is 1. The van der Waals surface area contributed by atoms with Crippen LogP contribution in [0.15, 0.2) is 24.3 Å². The molecule has 0 N–H and O–H groups in total. The predicted molar refractivity (Wildman–Crippen MR) is 86.1 cm³/mol. The Kier molecular flexibility index (Phi) is 7.05. The smallest absolute Gasteiger partial charge is 0.123 e. The second-order valence-corrected chi connectivity index (χ2v) is 6.47. The molecule has 1 aliphatic rings. The molecule has 0 unspecified atom stereocenters. The van der Waals surface area contributed by atoms with Gasteiger partial charge in [0.25, 0.3) is 0 Å². The Labute approximate surface area is 128 Å². The van der Waals surface area contributed by atoms with Gasteiger partial charge in [0.05, 0.1) is 6.61 Å². The van der Waals surface area contributed by atoms with Gasteiger partial charge in [0.2, 0.25) is 0 Å². The highest BCUT2D eigenvalue weighted by molar-refractivity contribution is 5.21. The lowest BCUT2D eigenvalue weighted by Crippen LogP contribution is -2.15. The molecule has 0 radical (unpaired) electrons. The van der Waals surface area contributed by atoms with Gasteiger partial charge in [-0.15, -0.1) is 0 Å². The van der Waals surface area contributed by atoms with Crippen molar-refractivity contribution in [3.63, 3.8) is 0 Å². The SMILES string of the molecule is CCCC[C@H]1CC[C@H](CCCOc2ccc(F)cc2)CC1. The Morgan fingerprint density at radius 3 is 2.10 bits per heavy atom. The summed E-state index contributed by atoms with van der Waals surface area (Å²) in [6.45, 7) is 3.04. The van der Waals surface area contributed by atoms with E-state index in [4.69, 9.17) is 4.74 Å². The van der Waals surface area contributed by atoms with Crippen molar-refractivity contribution in [3.8, 4) is 5.75 Å². The van der Waals surface area contributed by atoms with Crippen molar-refractivity contribution >= 4 is 0 Å². The summed E-state index contributed by atoms with van der Waals surface area (Å²) >= 11 is 0. The third kappa shape index (κ3) is 6.07. The highest BCUT2D eigenvalue weighted by atomic mass is 19.1. The highest BCUT2D eigenvalue weighted by Gasteiger charge is 2.20. The first kappa shape index (κ1) is 16.3. The largest absolute Gasteiger partial charge is 0.494 e. The van der Waals surface area contributed by atoms with E-state index in [1.165, 1.54) is 63.5 Å². The minimum absolute atomic E-state index is 0.206. The van der Waals surface area contributed by atoms with Crippen LogP contribution in [0.3, 0.4) is 0 Å². The number of hydrogen-bond acceptors (Lipinski definition) is 1. The standard InChI is InChI=1S/C19H29FO/c1-2-3-5-16-7-9-17(10-8-16)6-4-15-21-19-13-11-18(20)12-14-19/h11-14,16-17H,2-10,15H2,1H3/t16-,17-. The lowest BCUT2D eigenvalue weighted by Gasteiger charge is -2.28. The van der Waals surface area contributed by atoms with Gasteiger partial charge < -0.3 is 4.74 Å². The third-order valence-electron chi connectivity index (χ3n) is 4.77. The highest BCUT2D eigenvalue weighted by Crippen LogP contribution is 2.34. The summed E-state index contributed by atoms with van der Waals surface area (Å²) in [6.07, 6.45) is 12.3. The van der Waals surface area contributed by atoms with Crippen molar-refractivity contribution in [2.45, 2.75) is 64.7 Å². The van der Waals surface area contributed by atoms with Crippen molar-refractivity contribution in [1.29, 1.82) is 0 Å². The fourth-order valence-corrected chi connectivity index (χ4v) is 3.39. The fourth-order valence-electron chi connectivity index (χ4n) is 3.39. The molecule has 21 heavy (non-hydrogen) atoms. The maximum absolute atomic E-state index is 12.8. The van der Waals surface area contributed by atoms with Crippen LogP contribution in [0.25, 0.3) is 0 Å². The summed E-state index contributed by atoms with van der Waals surface area (Å²) in [5.74, 6) is 2.47. The fraction of sp³-hybridized carbons (Fsp3) is 0.684. The quantitative estimate of drug-likeness (QED) is 0.535. The van der Waals surface area contributed by atoms with Crippen LogP contribution in [0.1, 0.15) is 64.7 Å². The number of ether oxygens (including phenoxy) is 1. The van der Waals surface area contributed by atoms with Crippen molar-refractivity contribution in [3.05, 3.63) is 30.1 Å². The van der Waals surface area contributed by atoms with Crippen molar-refractivity contribution in [2.75, 3.05) is 6.61 Å². The normalized spacial score (nSPS) is 22.2. The lowest BCUT2D eigenvalue weighted by molar-refractivity contribution is 0.228. The van der Waals surface area contributed by atoms with Crippen molar-refractivity contribution in [2.24, 2.45) is 11.8 Å². The molecule has 1 fully saturated rings. The van der Waals surface area contributed by atoms with E-state index >= 15 is 0 Å². The number of unbranched alkanes of at least 4 members (excludes halogenated alkanes) is 1. The van der Waals surface area contributed by atoms with E-state index < -0.39 is 0 Å². The van der Waals surface area contributed by atoms with Crippen LogP contribution in [0.5, 0.6) is 5.75 Å². The molecule has 0 aliphatic heterocycles. The van der Waals surface area contributed by atoms with E-state index in [1.54, 1.807) is 12.1 Å². The van der Waals surface area contributed by atoms with E-state index in [-0.39, 0.29) is 5.82 Å². The molecule has 1 aliphatic carbocycles. The first-order valence-electron chi connectivity index (χ1n) is 8.66. The lowest BCUT2D eigenvalue weighted by atomic mass is 9.78. The van der Waals surface area contributed by atoms with Crippen LogP contribution >= 0.6 is 0 Å². The molecule has 2 rings (SSSR count). The molecule has 0 atom stereocenters. The molecule has 0 amide bonds. The molecular formula is C19H29FO. The number of rotatable bonds is 8. The zero-order valence-corrected chi connectivity index (χ0v) is 13.3. The van der Waals surface area contributed by atoms with Crippen LogP contribution in [-0.2, 0) is 0 Å². The van der Waals surface area contributed by atoms with Gasteiger partial charge in [-0.2, -0.15) is 0 Å². The van der Waals surface area contributed by atoms with Crippen LogP contribution in [0, 0.1) is 17.7 Å². The Bertz CT molecular complexity index is 379. The summed E-state index contributed by atoms with van der Waals surface area (Å²) in [5.41, 5.74) is 0. The van der Waals surface area contributed by atoms with Crippen LogP contribution in [-0.4, -0.2) is 6.61 Å². The summed E-state index contributed by atoms with van der Waals surface area (Å²) in [7, 11) is 0. The molecule has 1 aromatic rings. The maximum Gasteiger partial charge on any atom is 0.123 e. The summed E-state index contributed by atoms with van der Waals surface area (Å²) in [4.78, 5) is 0. The molecule has 118 valence electrons. The topological polar surface area (TPSA) is 9.23 Å². The Morgan fingerprint density at radius 1 is 0.952 bits per heavy atom. The van der Waals surface area contributed by atoms with Gasteiger partial charge in [-0.1, -0.05) is 51.9 Å². The molecule has 0 spiro atoms. The van der Waals surface area contributed by atoms with E-state index in [0.717, 1.165) is 30.6 Å². The first-order chi connectivity index (χ1) is 10.3. The average Bonchev–Trinajstić information content (AvgIpc) is 2.52. The summed E-state index contributed by atoms with van der Waals surface area (Å²) in [6, 6.07) is 6.31. The molecule has 0 saturated heterocycles. The van der Waals surface area contributed by atoms with E-state index in [1.807, 2.05) is 0 Å². The van der Waals surface area contributed by atoms with Crippen LogP contribution < -0.4 is 4.74 Å². The van der Waals surface area contributed by atoms with Gasteiger partial charge in [0.15, 0.2) is 0 Å². The second-order valence-electron chi connectivity index (χ2n) is 6.47. The third-order valence-corrected chi connectivity index (χ3v) is 4.77. The molecule has 0 bridgehead atoms. The number of halogens is 1. The number of hydrogen-bond donors (Lipinski definition) is 0. The van der Waals surface area contributed by atoms with E-state index in [0.29, 0.717) is 0 Å². The summed E-state index contributed by atoms with van der Waals surface area (Å²) in [5, 5.41) is 0. The van der Waals surface area contributed by atoms with Gasteiger partial charge in [-0.05, 0) is 48.9 Å². The monoisotopic (exact) mass is 292 g/mol. The van der Waals surface area contributed by atoms with Crippen LogP contribution in [0.4, 0.5) is 4.39 Å². The van der Waals surface area contributed by atoms with Gasteiger partial charge >= 0.3 is 0 Å². The van der Waals surface area contributed by atoms with Crippen molar-refractivity contribution < 1.29 is 9.13 Å². The van der Waals surface area contributed by atoms with Gasteiger partial charge in [0, 0.05) is 0 Å². The Hall–Kier alpha value is -1.05. The zero-order chi connectivity index (χ0) is 14.9. The van der Waals surface area contributed by atoms with E-state index in [2.05, 4.69) is 6.92 Å².